The third-order valence-electron chi connectivity index (χ3n) is 3.47. The highest BCUT2D eigenvalue weighted by atomic mass is 19.1. The Labute approximate surface area is 106 Å². The largest absolute Gasteiger partial charge is 0.494 e. The summed E-state index contributed by atoms with van der Waals surface area (Å²) in [6.07, 6.45) is 3.66. The Balaban J connectivity index is 2.09. The van der Waals surface area contributed by atoms with E-state index >= 15 is 0 Å². The van der Waals surface area contributed by atoms with Crippen LogP contribution < -0.4 is 15.8 Å². The molecule has 100 valence electrons. The predicted octanol–water partition coefficient (Wildman–Crippen LogP) is 2.13. The van der Waals surface area contributed by atoms with Crippen molar-refractivity contribution in [1.29, 1.82) is 0 Å². The second-order valence-corrected chi connectivity index (χ2v) is 4.86. The summed E-state index contributed by atoms with van der Waals surface area (Å²) in [4.78, 5) is 0. The van der Waals surface area contributed by atoms with Crippen LogP contribution in [0.25, 0.3) is 0 Å². The summed E-state index contributed by atoms with van der Waals surface area (Å²) in [6, 6.07) is 2.74. The van der Waals surface area contributed by atoms with Crippen molar-refractivity contribution in [3.8, 4) is 5.75 Å². The predicted molar refractivity (Wildman–Crippen MR) is 69.3 cm³/mol. The Bertz CT molecular complexity index is 431. The first-order chi connectivity index (χ1) is 8.54. The van der Waals surface area contributed by atoms with Crippen LogP contribution in [0.1, 0.15) is 25.7 Å². The van der Waals surface area contributed by atoms with E-state index in [1.165, 1.54) is 19.2 Å². The van der Waals surface area contributed by atoms with Crippen LogP contribution in [0, 0.1) is 5.82 Å². The van der Waals surface area contributed by atoms with Gasteiger partial charge in [0.2, 0.25) is 0 Å². The number of nitrogens with two attached hydrogens (primary N) is 1. The molecule has 0 spiro atoms. The van der Waals surface area contributed by atoms with Crippen molar-refractivity contribution in [2.75, 3.05) is 24.7 Å². The molecule has 0 bridgehead atoms. The number of nitrogen functional groups attached to an aromatic ring is 1. The lowest BCUT2D eigenvalue weighted by Gasteiger charge is -2.23. The molecule has 4 nitrogen and oxygen atoms in total. The van der Waals surface area contributed by atoms with Gasteiger partial charge in [0.25, 0.3) is 0 Å². The van der Waals surface area contributed by atoms with Crippen LogP contribution in [0.3, 0.4) is 0 Å². The molecule has 2 rings (SSSR count). The molecule has 18 heavy (non-hydrogen) atoms. The van der Waals surface area contributed by atoms with Gasteiger partial charge in [-0.25, -0.2) is 4.39 Å². The van der Waals surface area contributed by atoms with Gasteiger partial charge >= 0.3 is 0 Å². The van der Waals surface area contributed by atoms with E-state index in [0.29, 0.717) is 17.9 Å². The van der Waals surface area contributed by atoms with Gasteiger partial charge in [-0.1, -0.05) is 12.8 Å². The molecule has 5 heteroatoms. The number of nitrogens with one attached hydrogen (secondary N) is 1. The number of anilines is 2. The smallest absolute Gasteiger partial charge is 0.167 e. The highest BCUT2D eigenvalue weighted by Gasteiger charge is 2.30. The molecule has 1 saturated carbocycles. The SMILES string of the molecule is COc1cc(NCC2(O)CCCC2)c(N)cc1F. The van der Waals surface area contributed by atoms with Crippen molar-refractivity contribution < 1.29 is 14.2 Å². The molecule has 0 radical (unpaired) electrons. The van der Waals surface area contributed by atoms with Crippen molar-refractivity contribution in [2.45, 2.75) is 31.3 Å². The minimum atomic E-state index is -0.673. The molecule has 4 N–H and O–H groups in total. The molecule has 1 aromatic rings. The maximum absolute atomic E-state index is 13.4. The van der Waals surface area contributed by atoms with Gasteiger partial charge in [0.1, 0.15) is 0 Å². The third kappa shape index (κ3) is 2.67. The fraction of sp³-hybridized carbons (Fsp3) is 0.538. The van der Waals surface area contributed by atoms with Gasteiger partial charge in [0, 0.05) is 18.7 Å². The Morgan fingerprint density at radius 3 is 2.72 bits per heavy atom. The zero-order chi connectivity index (χ0) is 13.2. The van der Waals surface area contributed by atoms with Gasteiger partial charge in [-0.2, -0.15) is 0 Å². The maximum atomic E-state index is 13.4. The number of hydrogen-bond acceptors (Lipinski definition) is 4. The molecule has 1 aliphatic rings. The third-order valence-corrected chi connectivity index (χ3v) is 3.47. The van der Waals surface area contributed by atoms with E-state index in [2.05, 4.69) is 5.32 Å². The summed E-state index contributed by atoms with van der Waals surface area (Å²) in [5.74, 6) is -0.342. The summed E-state index contributed by atoms with van der Waals surface area (Å²) >= 11 is 0. The lowest BCUT2D eigenvalue weighted by Crippen LogP contribution is -2.33. The van der Waals surface area contributed by atoms with Crippen LogP contribution >= 0.6 is 0 Å². The molecule has 0 amide bonds. The molecule has 0 aliphatic heterocycles. The van der Waals surface area contributed by atoms with Gasteiger partial charge in [-0.05, 0) is 12.8 Å². The summed E-state index contributed by atoms with van der Waals surface area (Å²) < 4.78 is 18.3. The Hall–Kier alpha value is -1.49. The monoisotopic (exact) mass is 254 g/mol. The second kappa shape index (κ2) is 5.02. The van der Waals surface area contributed by atoms with E-state index < -0.39 is 11.4 Å². The molecule has 1 fully saturated rings. The van der Waals surface area contributed by atoms with Gasteiger partial charge in [0.15, 0.2) is 11.6 Å². The van der Waals surface area contributed by atoms with Crippen molar-refractivity contribution in [3.63, 3.8) is 0 Å². The topological polar surface area (TPSA) is 67.5 Å². The van der Waals surface area contributed by atoms with Crippen molar-refractivity contribution in [2.24, 2.45) is 0 Å². The number of ether oxygens (including phenoxy) is 1. The number of rotatable bonds is 4. The minimum absolute atomic E-state index is 0.144. The molecule has 1 aromatic carbocycles. The number of hydrogen-bond donors (Lipinski definition) is 3. The normalized spacial score (nSPS) is 17.7. The van der Waals surface area contributed by atoms with E-state index in [1.807, 2.05) is 0 Å². The quantitative estimate of drug-likeness (QED) is 0.720. The lowest BCUT2D eigenvalue weighted by atomic mass is 10.0. The lowest BCUT2D eigenvalue weighted by molar-refractivity contribution is 0.0615. The van der Waals surface area contributed by atoms with Crippen LogP contribution in [0.15, 0.2) is 12.1 Å². The molecular weight excluding hydrogens is 235 g/mol. The van der Waals surface area contributed by atoms with Gasteiger partial charge in [-0.3, -0.25) is 0 Å². The second-order valence-electron chi connectivity index (χ2n) is 4.86. The summed E-state index contributed by atoms with van der Waals surface area (Å²) in [5.41, 5.74) is 5.97. The van der Waals surface area contributed by atoms with Gasteiger partial charge in [0.05, 0.1) is 24.1 Å². The first-order valence-corrected chi connectivity index (χ1v) is 6.13. The van der Waals surface area contributed by atoms with Gasteiger partial charge < -0.3 is 20.9 Å². The Kier molecular flexibility index (Phi) is 3.61. The standard InChI is InChI=1S/C13H19FN2O2/c1-18-12-7-11(10(15)6-9(12)14)16-8-13(17)4-2-3-5-13/h6-7,16-17H,2-5,8,15H2,1H3. The van der Waals surface area contributed by atoms with Crippen LogP contribution in [-0.4, -0.2) is 24.4 Å². The molecule has 0 saturated heterocycles. The summed E-state index contributed by atoms with van der Waals surface area (Å²) in [5, 5.41) is 13.3. The maximum Gasteiger partial charge on any atom is 0.167 e. The van der Waals surface area contributed by atoms with Crippen molar-refractivity contribution in [1.82, 2.24) is 0 Å². The fourth-order valence-electron chi connectivity index (χ4n) is 2.35. The Morgan fingerprint density at radius 2 is 2.11 bits per heavy atom. The first-order valence-electron chi connectivity index (χ1n) is 6.13. The zero-order valence-electron chi connectivity index (χ0n) is 10.5. The van der Waals surface area contributed by atoms with E-state index in [1.54, 1.807) is 0 Å². The molecule has 0 atom stereocenters. The van der Waals surface area contributed by atoms with Gasteiger partial charge in [-0.15, -0.1) is 0 Å². The average Bonchev–Trinajstić information content (AvgIpc) is 2.76. The van der Waals surface area contributed by atoms with Crippen molar-refractivity contribution in [3.05, 3.63) is 17.9 Å². The number of methoxy groups -OCH3 is 1. The van der Waals surface area contributed by atoms with E-state index in [0.717, 1.165) is 25.7 Å². The van der Waals surface area contributed by atoms with Crippen LogP contribution in [0.2, 0.25) is 0 Å². The summed E-state index contributed by atoms with van der Waals surface area (Å²) in [7, 11) is 1.41. The Morgan fingerprint density at radius 1 is 1.44 bits per heavy atom. The highest BCUT2D eigenvalue weighted by Crippen LogP contribution is 2.32. The van der Waals surface area contributed by atoms with E-state index in [4.69, 9.17) is 10.5 Å². The van der Waals surface area contributed by atoms with E-state index in [9.17, 15) is 9.50 Å². The molecule has 1 aliphatic carbocycles. The van der Waals surface area contributed by atoms with Crippen LogP contribution in [-0.2, 0) is 0 Å². The molecular formula is C13H19FN2O2. The van der Waals surface area contributed by atoms with Crippen LogP contribution in [0.4, 0.5) is 15.8 Å². The minimum Gasteiger partial charge on any atom is -0.494 e. The first kappa shape index (κ1) is 13.0. The number of halogens is 1. The molecule has 0 unspecified atom stereocenters. The highest BCUT2D eigenvalue weighted by molar-refractivity contribution is 5.68. The van der Waals surface area contributed by atoms with E-state index in [-0.39, 0.29) is 5.75 Å². The molecule has 0 heterocycles. The number of aliphatic hydroxyl groups is 1. The fourth-order valence-corrected chi connectivity index (χ4v) is 2.35. The number of benzene rings is 1. The molecule has 0 aromatic heterocycles. The van der Waals surface area contributed by atoms with Crippen molar-refractivity contribution >= 4 is 11.4 Å². The zero-order valence-corrected chi connectivity index (χ0v) is 10.5. The average molecular weight is 254 g/mol. The summed E-state index contributed by atoms with van der Waals surface area (Å²) in [6.45, 7) is 0.423. The van der Waals surface area contributed by atoms with Crippen LogP contribution in [0.5, 0.6) is 5.75 Å².